The average molecular weight is 399 g/mol. The van der Waals surface area contributed by atoms with Crippen LogP contribution in [0.5, 0.6) is 0 Å². The third-order valence-electron chi connectivity index (χ3n) is 6.66. The Morgan fingerprint density at radius 3 is 2.57 bits per heavy atom. The summed E-state index contributed by atoms with van der Waals surface area (Å²) < 4.78 is 0. The first-order valence-electron chi connectivity index (χ1n) is 11.8. The first-order valence-corrected chi connectivity index (χ1v) is 11.8. The quantitative estimate of drug-likeness (QED) is 0.408. The van der Waals surface area contributed by atoms with Crippen molar-refractivity contribution in [2.45, 2.75) is 77.0 Å². The summed E-state index contributed by atoms with van der Waals surface area (Å²) in [4.78, 5) is 9.39. The Kier molecular flexibility index (Phi) is 6.94. The Balaban J connectivity index is 1.53. The molecule has 2 heteroatoms. The smallest absolute Gasteiger partial charge is 0.0481 e. The highest BCUT2D eigenvalue weighted by Gasteiger charge is 2.17. The Bertz CT molecular complexity index is 939. The van der Waals surface area contributed by atoms with Crippen LogP contribution < -0.4 is 0 Å². The average Bonchev–Trinajstić information content (AvgIpc) is 2.83. The standard InChI is InChI=1S/C28H34N2/c1-3-4-13-27-15-14-26(20-30-27)25-16-17-29-28(19-25)21(2)23-11-8-12-24(18-23)22-9-6-5-7-10-22/h8,11-12,14-22H,3-7,9-10,13H2,1-2H3. The fraction of sp³-hybridized carbons (Fsp3) is 0.429. The molecule has 2 nitrogen and oxygen atoms in total. The molecule has 1 fully saturated rings. The highest BCUT2D eigenvalue weighted by molar-refractivity contribution is 5.62. The summed E-state index contributed by atoms with van der Waals surface area (Å²) in [5, 5.41) is 0. The van der Waals surface area contributed by atoms with Gasteiger partial charge in [-0.3, -0.25) is 9.97 Å². The van der Waals surface area contributed by atoms with E-state index in [1.807, 2.05) is 12.4 Å². The van der Waals surface area contributed by atoms with Crippen LogP contribution in [0.3, 0.4) is 0 Å². The molecule has 0 amide bonds. The molecule has 1 aliphatic rings. The van der Waals surface area contributed by atoms with Crippen molar-refractivity contribution in [3.8, 4) is 11.1 Å². The predicted molar refractivity (Wildman–Crippen MR) is 126 cm³/mol. The molecule has 1 atom stereocenters. The molecule has 156 valence electrons. The Hall–Kier alpha value is -2.48. The Morgan fingerprint density at radius 1 is 0.933 bits per heavy atom. The molecule has 3 aromatic rings. The van der Waals surface area contributed by atoms with Crippen LogP contribution in [0.15, 0.2) is 60.9 Å². The van der Waals surface area contributed by atoms with Crippen LogP contribution in [0.1, 0.15) is 93.1 Å². The van der Waals surface area contributed by atoms with Crippen LogP contribution in [0.2, 0.25) is 0 Å². The molecular formula is C28H34N2. The fourth-order valence-electron chi connectivity index (χ4n) is 4.65. The Morgan fingerprint density at radius 2 is 1.80 bits per heavy atom. The molecule has 1 aromatic carbocycles. The van der Waals surface area contributed by atoms with Gasteiger partial charge in [0.15, 0.2) is 0 Å². The number of nitrogens with zero attached hydrogens (tertiary/aromatic N) is 2. The number of unbranched alkanes of at least 4 members (excludes halogenated alkanes) is 1. The van der Waals surface area contributed by atoms with Gasteiger partial charge in [0.25, 0.3) is 0 Å². The van der Waals surface area contributed by atoms with Gasteiger partial charge in [-0.1, -0.05) is 69.9 Å². The summed E-state index contributed by atoms with van der Waals surface area (Å²) in [6.45, 7) is 4.50. The van der Waals surface area contributed by atoms with E-state index >= 15 is 0 Å². The minimum atomic E-state index is 0.283. The van der Waals surface area contributed by atoms with Crippen LogP contribution in [0.4, 0.5) is 0 Å². The van der Waals surface area contributed by atoms with E-state index in [2.05, 4.69) is 67.4 Å². The van der Waals surface area contributed by atoms with Gasteiger partial charge in [0.05, 0.1) is 0 Å². The molecule has 4 rings (SSSR count). The van der Waals surface area contributed by atoms with Crippen LogP contribution >= 0.6 is 0 Å². The van der Waals surface area contributed by atoms with Gasteiger partial charge in [-0.2, -0.15) is 0 Å². The van der Waals surface area contributed by atoms with Gasteiger partial charge in [-0.15, -0.1) is 0 Å². The third kappa shape index (κ3) is 4.98. The summed E-state index contributed by atoms with van der Waals surface area (Å²) in [7, 11) is 0. The maximum Gasteiger partial charge on any atom is 0.0481 e. The number of pyridine rings is 2. The molecule has 30 heavy (non-hydrogen) atoms. The number of aryl methyl sites for hydroxylation is 1. The number of hydrogen-bond acceptors (Lipinski definition) is 2. The highest BCUT2D eigenvalue weighted by atomic mass is 14.7. The van der Waals surface area contributed by atoms with E-state index in [1.54, 1.807) is 0 Å². The summed E-state index contributed by atoms with van der Waals surface area (Å²) in [6.07, 6.45) is 14.2. The van der Waals surface area contributed by atoms with Gasteiger partial charge in [-0.25, -0.2) is 0 Å². The van der Waals surface area contributed by atoms with E-state index in [-0.39, 0.29) is 5.92 Å². The highest BCUT2D eigenvalue weighted by Crippen LogP contribution is 2.35. The van der Waals surface area contributed by atoms with Crippen LogP contribution in [0, 0.1) is 0 Å². The zero-order valence-corrected chi connectivity index (χ0v) is 18.5. The molecular weight excluding hydrogens is 364 g/mol. The summed E-state index contributed by atoms with van der Waals surface area (Å²) >= 11 is 0. The lowest BCUT2D eigenvalue weighted by atomic mass is 9.82. The molecule has 0 radical (unpaired) electrons. The molecule has 1 aliphatic carbocycles. The van der Waals surface area contributed by atoms with Gasteiger partial charge < -0.3 is 0 Å². The molecule has 0 spiro atoms. The monoisotopic (exact) mass is 398 g/mol. The van der Waals surface area contributed by atoms with Crippen LogP contribution in [-0.2, 0) is 6.42 Å². The van der Waals surface area contributed by atoms with Gasteiger partial charge >= 0.3 is 0 Å². The zero-order chi connectivity index (χ0) is 20.8. The first kappa shape index (κ1) is 20.8. The lowest BCUT2D eigenvalue weighted by molar-refractivity contribution is 0.443. The van der Waals surface area contributed by atoms with Crippen LogP contribution in [0.25, 0.3) is 11.1 Å². The molecule has 2 aromatic heterocycles. The first-order chi connectivity index (χ1) is 14.7. The second-order valence-corrected chi connectivity index (χ2v) is 8.84. The minimum absolute atomic E-state index is 0.283. The maximum atomic E-state index is 4.72. The lowest BCUT2D eigenvalue weighted by Crippen LogP contribution is -2.06. The molecule has 1 unspecified atom stereocenters. The number of hydrogen-bond donors (Lipinski definition) is 0. The zero-order valence-electron chi connectivity index (χ0n) is 18.5. The van der Waals surface area contributed by atoms with Gasteiger partial charge in [0, 0.05) is 35.3 Å². The van der Waals surface area contributed by atoms with Crippen molar-refractivity contribution in [3.05, 3.63) is 83.4 Å². The Labute approximate surface area is 181 Å². The second kappa shape index (κ2) is 10.0. The van der Waals surface area contributed by atoms with Gasteiger partial charge in [0.2, 0.25) is 0 Å². The molecule has 0 bridgehead atoms. The molecule has 0 saturated heterocycles. The number of aromatic nitrogens is 2. The summed E-state index contributed by atoms with van der Waals surface area (Å²) in [5.41, 5.74) is 7.57. The lowest BCUT2D eigenvalue weighted by Gasteiger charge is -2.23. The van der Waals surface area contributed by atoms with E-state index in [9.17, 15) is 0 Å². The van der Waals surface area contributed by atoms with Crippen molar-refractivity contribution in [1.29, 1.82) is 0 Å². The summed E-state index contributed by atoms with van der Waals surface area (Å²) in [6, 6.07) is 17.9. The topological polar surface area (TPSA) is 25.8 Å². The molecule has 1 saturated carbocycles. The summed E-state index contributed by atoms with van der Waals surface area (Å²) in [5.74, 6) is 1.02. The van der Waals surface area contributed by atoms with Gasteiger partial charge in [0.1, 0.15) is 0 Å². The van der Waals surface area contributed by atoms with E-state index in [4.69, 9.17) is 4.98 Å². The van der Waals surface area contributed by atoms with Crippen molar-refractivity contribution < 1.29 is 0 Å². The molecule has 2 heterocycles. The largest absolute Gasteiger partial charge is 0.261 e. The van der Waals surface area contributed by atoms with Gasteiger partial charge in [-0.05, 0) is 66.5 Å². The molecule has 0 aliphatic heterocycles. The minimum Gasteiger partial charge on any atom is -0.261 e. The number of benzene rings is 1. The van der Waals surface area contributed by atoms with E-state index < -0.39 is 0 Å². The second-order valence-electron chi connectivity index (χ2n) is 8.84. The third-order valence-corrected chi connectivity index (χ3v) is 6.66. The normalized spacial score (nSPS) is 15.8. The maximum absolute atomic E-state index is 4.72. The van der Waals surface area contributed by atoms with Crippen molar-refractivity contribution in [3.63, 3.8) is 0 Å². The predicted octanol–water partition coefficient (Wildman–Crippen LogP) is 7.69. The van der Waals surface area contributed by atoms with Crippen molar-refractivity contribution in [2.75, 3.05) is 0 Å². The van der Waals surface area contributed by atoms with E-state index in [0.29, 0.717) is 0 Å². The van der Waals surface area contributed by atoms with E-state index in [0.717, 1.165) is 18.0 Å². The number of rotatable bonds is 7. The SMILES string of the molecule is CCCCc1ccc(-c2ccnc(C(C)c3cccc(C4CCCCC4)c3)c2)cn1. The molecule has 0 N–H and O–H groups in total. The van der Waals surface area contributed by atoms with Crippen molar-refractivity contribution in [1.82, 2.24) is 9.97 Å². The van der Waals surface area contributed by atoms with Crippen LogP contribution in [-0.4, -0.2) is 9.97 Å². The van der Waals surface area contributed by atoms with Crippen molar-refractivity contribution in [2.24, 2.45) is 0 Å². The van der Waals surface area contributed by atoms with E-state index in [1.165, 1.54) is 72.9 Å². The van der Waals surface area contributed by atoms with Crippen molar-refractivity contribution >= 4 is 0 Å². The fourth-order valence-corrected chi connectivity index (χ4v) is 4.65.